The van der Waals surface area contributed by atoms with Gasteiger partial charge in [0.25, 0.3) is 0 Å². The maximum Gasteiger partial charge on any atom is 0.353 e. The summed E-state index contributed by atoms with van der Waals surface area (Å²) in [6.07, 6.45) is 0.960. The third kappa shape index (κ3) is 3.99. The maximum absolute atomic E-state index is 10.9. The molecular formula is C16H18BrN3O3. The number of ether oxygens (including phenoxy) is 1. The van der Waals surface area contributed by atoms with E-state index in [1.807, 2.05) is 12.1 Å². The fraction of sp³-hybridized carbons (Fsp3) is 0.375. The number of hydrogen-bond donors (Lipinski definition) is 2. The van der Waals surface area contributed by atoms with Crippen molar-refractivity contribution in [3.8, 4) is 11.3 Å². The Morgan fingerprint density at radius 1 is 1.35 bits per heavy atom. The van der Waals surface area contributed by atoms with Crippen LogP contribution in [0.3, 0.4) is 0 Å². The summed E-state index contributed by atoms with van der Waals surface area (Å²) >= 11 is 3.61. The first-order valence-corrected chi connectivity index (χ1v) is 8.30. The van der Waals surface area contributed by atoms with E-state index >= 15 is 0 Å². The van der Waals surface area contributed by atoms with Crippen molar-refractivity contribution in [1.82, 2.24) is 15.1 Å². The monoisotopic (exact) mass is 379 g/mol. The molecule has 7 heteroatoms. The smallest absolute Gasteiger partial charge is 0.353 e. The molecule has 3 rings (SSSR count). The number of benzene rings is 1. The van der Waals surface area contributed by atoms with Crippen LogP contribution in [0, 0.1) is 0 Å². The molecule has 1 saturated heterocycles. The average molecular weight is 380 g/mol. The minimum absolute atomic E-state index is 0.0903. The normalized spacial score (nSPS) is 15.7. The summed E-state index contributed by atoms with van der Waals surface area (Å²) in [4.78, 5) is 13.3. The van der Waals surface area contributed by atoms with Crippen LogP contribution in [0.2, 0.25) is 0 Å². The lowest BCUT2D eigenvalue weighted by Crippen LogP contribution is -2.37. The van der Waals surface area contributed by atoms with Crippen LogP contribution in [0.15, 0.2) is 28.7 Å². The zero-order chi connectivity index (χ0) is 16.2. The van der Waals surface area contributed by atoms with Crippen LogP contribution in [0.4, 0.5) is 0 Å². The van der Waals surface area contributed by atoms with Gasteiger partial charge in [-0.05, 0) is 24.1 Å². The summed E-state index contributed by atoms with van der Waals surface area (Å²) in [6.45, 7) is 4.60. The fourth-order valence-electron chi connectivity index (χ4n) is 2.59. The quantitative estimate of drug-likeness (QED) is 0.833. The maximum atomic E-state index is 10.9. The summed E-state index contributed by atoms with van der Waals surface area (Å²) in [6, 6.07) is 7.56. The van der Waals surface area contributed by atoms with Gasteiger partial charge in [-0.25, -0.2) is 4.79 Å². The number of nitrogens with zero attached hydrogens (tertiary/aromatic N) is 2. The Bertz CT molecular complexity index is 696. The van der Waals surface area contributed by atoms with Crippen LogP contribution >= 0.6 is 15.9 Å². The Morgan fingerprint density at radius 3 is 2.78 bits per heavy atom. The highest BCUT2D eigenvalue weighted by molar-refractivity contribution is 9.10. The zero-order valence-corrected chi connectivity index (χ0v) is 14.2. The number of H-pyrrole nitrogens is 1. The molecule has 0 bridgehead atoms. The van der Waals surface area contributed by atoms with Crippen LogP contribution < -0.4 is 0 Å². The van der Waals surface area contributed by atoms with Crippen molar-refractivity contribution in [2.24, 2.45) is 0 Å². The van der Waals surface area contributed by atoms with E-state index in [9.17, 15) is 4.79 Å². The van der Waals surface area contributed by atoms with E-state index in [-0.39, 0.29) is 5.69 Å². The van der Waals surface area contributed by atoms with Gasteiger partial charge in [0.2, 0.25) is 0 Å². The van der Waals surface area contributed by atoms with Crippen LogP contribution in [0.1, 0.15) is 16.1 Å². The Hall–Kier alpha value is -1.70. The number of carbonyl (C=O) groups is 1. The Kier molecular flexibility index (Phi) is 5.09. The second-order valence-electron chi connectivity index (χ2n) is 5.48. The lowest BCUT2D eigenvalue weighted by Gasteiger charge is -2.26. The molecule has 6 nitrogen and oxygen atoms in total. The molecule has 2 N–H and O–H groups in total. The van der Waals surface area contributed by atoms with E-state index in [0.29, 0.717) is 5.69 Å². The van der Waals surface area contributed by atoms with Crippen LogP contribution in [-0.2, 0) is 11.2 Å². The van der Waals surface area contributed by atoms with Crippen molar-refractivity contribution >= 4 is 21.9 Å². The molecule has 2 aromatic rings. The van der Waals surface area contributed by atoms with Gasteiger partial charge in [-0.2, -0.15) is 5.10 Å². The van der Waals surface area contributed by atoms with E-state index in [1.54, 1.807) is 0 Å². The Labute approximate surface area is 142 Å². The number of aromatic carboxylic acids is 1. The summed E-state index contributed by atoms with van der Waals surface area (Å²) in [7, 11) is 0. The Morgan fingerprint density at radius 2 is 2.13 bits per heavy atom. The van der Waals surface area contributed by atoms with Gasteiger partial charge in [-0.1, -0.05) is 28.1 Å². The molecule has 122 valence electrons. The Balaban J connectivity index is 1.68. The van der Waals surface area contributed by atoms with E-state index in [0.717, 1.165) is 49.3 Å². The summed E-state index contributed by atoms with van der Waals surface area (Å²) in [5.74, 6) is -1.01. The standard InChI is InChI=1S/C16H18BrN3O3/c17-13-9-12(14-10-15(16(21)22)19-18-14)2-1-11(13)3-4-20-5-7-23-8-6-20/h1-2,9-10H,3-8H2,(H,18,19)(H,21,22). The molecule has 1 fully saturated rings. The molecule has 0 aliphatic carbocycles. The molecule has 0 atom stereocenters. The first-order valence-electron chi connectivity index (χ1n) is 7.51. The molecule has 1 aliphatic rings. The molecule has 1 aromatic carbocycles. The van der Waals surface area contributed by atoms with Gasteiger partial charge < -0.3 is 9.84 Å². The molecule has 0 saturated carbocycles. The molecule has 0 radical (unpaired) electrons. The van der Waals surface area contributed by atoms with Crippen molar-refractivity contribution in [2.45, 2.75) is 6.42 Å². The molecule has 0 unspecified atom stereocenters. The van der Waals surface area contributed by atoms with Gasteiger partial charge in [-0.3, -0.25) is 10.00 Å². The minimum atomic E-state index is -1.01. The molecule has 2 heterocycles. The van der Waals surface area contributed by atoms with Gasteiger partial charge in [0.05, 0.1) is 18.9 Å². The number of hydrogen-bond acceptors (Lipinski definition) is 4. The summed E-state index contributed by atoms with van der Waals surface area (Å²) in [5, 5.41) is 15.5. The third-order valence-electron chi connectivity index (χ3n) is 3.96. The highest BCUT2D eigenvalue weighted by Crippen LogP contribution is 2.26. The topological polar surface area (TPSA) is 78.4 Å². The summed E-state index contributed by atoms with van der Waals surface area (Å²) < 4.78 is 6.37. The molecule has 0 amide bonds. The SMILES string of the molecule is O=C(O)c1cc(-c2ccc(CCN3CCOCC3)c(Br)c2)n[nH]1. The van der Waals surface area contributed by atoms with Gasteiger partial charge in [-0.15, -0.1) is 0 Å². The number of halogens is 1. The van der Waals surface area contributed by atoms with Crippen LogP contribution in [-0.4, -0.2) is 59.0 Å². The first-order chi connectivity index (χ1) is 11.1. The van der Waals surface area contributed by atoms with Gasteiger partial charge in [0.1, 0.15) is 5.69 Å². The molecular weight excluding hydrogens is 362 g/mol. The van der Waals surface area contributed by atoms with Crippen molar-refractivity contribution in [3.63, 3.8) is 0 Å². The molecule has 1 aromatic heterocycles. The number of morpholine rings is 1. The van der Waals surface area contributed by atoms with E-state index in [1.165, 1.54) is 11.6 Å². The first kappa shape index (κ1) is 16.2. The van der Waals surface area contributed by atoms with Gasteiger partial charge >= 0.3 is 5.97 Å². The van der Waals surface area contributed by atoms with Crippen molar-refractivity contribution < 1.29 is 14.6 Å². The largest absolute Gasteiger partial charge is 0.477 e. The van der Waals surface area contributed by atoms with E-state index in [4.69, 9.17) is 9.84 Å². The predicted molar refractivity (Wildman–Crippen MR) is 89.6 cm³/mol. The predicted octanol–water partition coefficient (Wildman–Crippen LogP) is 2.41. The number of nitrogens with one attached hydrogen (secondary N) is 1. The van der Waals surface area contributed by atoms with E-state index < -0.39 is 5.97 Å². The highest BCUT2D eigenvalue weighted by atomic mass is 79.9. The fourth-order valence-corrected chi connectivity index (χ4v) is 3.17. The van der Waals surface area contributed by atoms with Crippen LogP contribution in [0.25, 0.3) is 11.3 Å². The van der Waals surface area contributed by atoms with Gasteiger partial charge in [0, 0.05) is 29.7 Å². The number of aromatic nitrogens is 2. The minimum Gasteiger partial charge on any atom is -0.477 e. The van der Waals surface area contributed by atoms with Crippen molar-refractivity contribution in [3.05, 3.63) is 40.0 Å². The highest BCUT2D eigenvalue weighted by Gasteiger charge is 2.13. The summed E-state index contributed by atoms with van der Waals surface area (Å²) in [5.41, 5.74) is 2.83. The number of aromatic amines is 1. The number of carboxylic acids is 1. The van der Waals surface area contributed by atoms with Crippen LogP contribution in [0.5, 0.6) is 0 Å². The average Bonchev–Trinajstić information content (AvgIpc) is 3.05. The lowest BCUT2D eigenvalue weighted by molar-refractivity contribution is 0.0384. The lowest BCUT2D eigenvalue weighted by atomic mass is 10.1. The van der Waals surface area contributed by atoms with E-state index in [2.05, 4.69) is 37.1 Å². The second kappa shape index (κ2) is 7.25. The van der Waals surface area contributed by atoms with Crippen molar-refractivity contribution in [2.75, 3.05) is 32.8 Å². The van der Waals surface area contributed by atoms with Gasteiger partial charge in [0.15, 0.2) is 0 Å². The number of rotatable bonds is 5. The molecule has 0 spiro atoms. The second-order valence-corrected chi connectivity index (χ2v) is 6.34. The van der Waals surface area contributed by atoms with Crippen molar-refractivity contribution in [1.29, 1.82) is 0 Å². The number of carboxylic acid groups (broad SMARTS) is 1. The third-order valence-corrected chi connectivity index (χ3v) is 4.70. The molecule has 1 aliphatic heterocycles. The molecule has 23 heavy (non-hydrogen) atoms. The zero-order valence-electron chi connectivity index (χ0n) is 12.6.